The van der Waals surface area contributed by atoms with Gasteiger partial charge in [0.1, 0.15) is 17.9 Å². The van der Waals surface area contributed by atoms with Crippen molar-refractivity contribution in [1.82, 2.24) is 9.55 Å². The van der Waals surface area contributed by atoms with E-state index >= 15 is 0 Å². The highest BCUT2D eigenvalue weighted by atomic mass is 16.5. The van der Waals surface area contributed by atoms with Crippen molar-refractivity contribution in [1.29, 1.82) is 0 Å². The number of aryl methyl sites for hydroxylation is 1. The summed E-state index contributed by atoms with van der Waals surface area (Å²) in [5.41, 5.74) is 1.45. The van der Waals surface area contributed by atoms with Crippen LogP contribution in [0.1, 0.15) is 5.82 Å². The predicted octanol–water partition coefficient (Wildman–Crippen LogP) is 1.09. The molecule has 0 saturated carbocycles. The van der Waals surface area contributed by atoms with Gasteiger partial charge in [-0.3, -0.25) is 0 Å². The largest absolute Gasteiger partial charge is 0.493 e. The van der Waals surface area contributed by atoms with Crippen LogP contribution in [-0.4, -0.2) is 36.0 Å². The van der Waals surface area contributed by atoms with E-state index < -0.39 is 0 Å². The fourth-order valence-corrected chi connectivity index (χ4v) is 1.98. The summed E-state index contributed by atoms with van der Waals surface area (Å²) < 4.78 is 17.7. The summed E-state index contributed by atoms with van der Waals surface area (Å²) in [6.45, 7) is -0.140. The van der Waals surface area contributed by atoms with Crippen LogP contribution in [0, 0.1) is 0 Å². The second-order valence-electron chi connectivity index (χ2n) is 3.76. The van der Waals surface area contributed by atoms with Gasteiger partial charge in [-0.1, -0.05) is 0 Å². The van der Waals surface area contributed by atoms with Crippen LogP contribution in [0.15, 0.2) is 6.07 Å². The number of imidazole rings is 1. The Labute approximate surface area is 105 Å². The topological polar surface area (TPSA) is 65.7 Å². The highest BCUT2D eigenvalue weighted by molar-refractivity contribution is 5.88. The first-order valence-corrected chi connectivity index (χ1v) is 5.43. The van der Waals surface area contributed by atoms with Crippen molar-refractivity contribution in [3.63, 3.8) is 0 Å². The zero-order chi connectivity index (χ0) is 13.3. The lowest BCUT2D eigenvalue weighted by Crippen LogP contribution is -1.98. The van der Waals surface area contributed by atoms with Crippen LogP contribution >= 0.6 is 0 Å². The molecule has 18 heavy (non-hydrogen) atoms. The van der Waals surface area contributed by atoms with Crippen LogP contribution in [0.2, 0.25) is 0 Å². The summed E-state index contributed by atoms with van der Waals surface area (Å²) in [5.74, 6) is 2.12. The van der Waals surface area contributed by atoms with Crippen molar-refractivity contribution >= 4 is 11.0 Å². The molecule has 1 N–H and O–H groups in total. The van der Waals surface area contributed by atoms with Gasteiger partial charge in [0.15, 0.2) is 11.5 Å². The van der Waals surface area contributed by atoms with Gasteiger partial charge < -0.3 is 23.9 Å². The molecule has 0 spiro atoms. The first-order valence-electron chi connectivity index (χ1n) is 5.43. The molecule has 98 valence electrons. The zero-order valence-electron chi connectivity index (χ0n) is 10.9. The molecule has 6 nitrogen and oxygen atoms in total. The third-order valence-corrected chi connectivity index (χ3v) is 2.91. The van der Waals surface area contributed by atoms with E-state index in [1.807, 2.05) is 13.1 Å². The molecule has 2 aromatic rings. The van der Waals surface area contributed by atoms with Crippen molar-refractivity contribution in [2.24, 2.45) is 7.05 Å². The van der Waals surface area contributed by atoms with E-state index in [4.69, 9.17) is 14.2 Å². The molecule has 0 atom stereocenters. The molecular weight excluding hydrogens is 236 g/mol. The smallest absolute Gasteiger partial charge is 0.205 e. The highest BCUT2D eigenvalue weighted by Crippen LogP contribution is 2.42. The number of fused-ring (bicyclic) bond motifs is 1. The summed E-state index contributed by atoms with van der Waals surface area (Å²) in [6, 6.07) is 1.81. The third-order valence-electron chi connectivity index (χ3n) is 2.91. The van der Waals surface area contributed by atoms with E-state index in [1.165, 1.54) is 0 Å². The fraction of sp³-hybridized carbons (Fsp3) is 0.417. The molecule has 2 rings (SSSR count). The normalized spacial score (nSPS) is 10.7. The Hall–Kier alpha value is -1.95. The van der Waals surface area contributed by atoms with Gasteiger partial charge in [-0.05, 0) is 0 Å². The summed E-state index contributed by atoms with van der Waals surface area (Å²) in [7, 11) is 6.48. The third kappa shape index (κ3) is 1.65. The molecule has 0 unspecified atom stereocenters. The Morgan fingerprint density at radius 3 is 2.33 bits per heavy atom. The monoisotopic (exact) mass is 252 g/mol. The molecule has 0 saturated heterocycles. The fourth-order valence-electron chi connectivity index (χ4n) is 1.98. The molecule has 0 radical (unpaired) electrons. The molecule has 0 amide bonds. The van der Waals surface area contributed by atoms with E-state index in [-0.39, 0.29) is 6.61 Å². The minimum Gasteiger partial charge on any atom is -0.493 e. The molecule has 0 aliphatic heterocycles. The maximum atomic E-state index is 9.25. The highest BCUT2D eigenvalue weighted by Gasteiger charge is 2.20. The summed E-state index contributed by atoms with van der Waals surface area (Å²) in [6.07, 6.45) is 0. The number of aliphatic hydroxyl groups excluding tert-OH is 1. The summed E-state index contributed by atoms with van der Waals surface area (Å²) >= 11 is 0. The van der Waals surface area contributed by atoms with Crippen LogP contribution in [0.4, 0.5) is 0 Å². The van der Waals surface area contributed by atoms with Crippen LogP contribution < -0.4 is 14.2 Å². The van der Waals surface area contributed by atoms with E-state index in [2.05, 4.69) is 4.98 Å². The Kier molecular flexibility index (Phi) is 3.29. The van der Waals surface area contributed by atoms with Crippen molar-refractivity contribution < 1.29 is 19.3 Å². The second kappa shape index (κ2) is 4.73. The van der Waals surface area contributed by atoms with Crippen LogP contribution in [-0.2, 0) is 13.7 Å². The number of hydrogen-bond acceptors (Lipinski definition) is 5. The van der Waals surface area contributed by atoms with E-state index in [1.54, 1.807) is 25.9 Å². The van der Waals surface area contributed by atoms with Crippen molar-refractivity contribution in [3.05, 3.63) is 11.9 Å². The number of ether oxygens (including phenoxy) is 3. The lowest BCUT2D eigenvalue weighted by atomic mass is 10.2. The van der Waals surface area contributed by atoms with Gasteiger partial charge in [-0.25, -0.2) is 4.98 Å². The number of aliphatic hydroxyl groups is 1. The Morgan fingerprint density at radius 1 is 1.17 bits per heavy atom. The van der Waals surface area contributed by atoms with E-state index in [0.29, 0.717) is 28.6 Å². The number of rotatable bonds is 4. The SMILES string of the molecule is COc1cc2c(nc(CO)n2C)c(OC)c1OC. The number of aromatic nitrogens is 2. The molecule has 6 heteroatoms. The molecular formula is C12H16N2O4. The van der Waals surface area contributed by atoms with Crippen molar-refractivity contribution in [2.45, 2.75) is 6.61 Å². The minimum atomic E-state index is -0.140. The summed E-state index contributed by atoms with van der Waals surface area (Å²) in [4.78, 5) is 4.34. The van der Waals surface area contributed by atoms with Gasteiger partial charge in [0.05, 0.1) is 26.8 Å². The molecule has 1 aromatic carbocycles. The zero-order valence-corrected chi connectivity index (χ0v) is 10.9. The van der Waals surface area contributed by atoms with E-state index in [0.717, 1.165) is 5.52 Å². The van der Waals surface area contributed by atoms with Gasteiger partial charge in [0, 0.05) is 13.1 Å². The van der Waals surface area contributed by atoms with Gasteiger partial charge >= 0.3 is 0 Å². The first-order chi connectivity index (χ1) is 8.67. The van der Waals surface area contributed by atoms with Crippen molar-refractivity contribution in [3.8, 4) is 17.2 Å². The average molecular weight is 252 g/mol. The van der Waals surface area contributed by atoms with Gasteiger partial charge in [-0.2, -0.15) is 0 Å². The lowest BCUT2D eigenvalue weighted by molar-refractivity contribution is 0.268. The lowest BCUT2D eigenvalue weighted by Gasteiger charge is -2.12. The van der Waals surface area contributed by atoms with Gasteiger partial charge in [0.25, 0.3) is 0 Å². The molecule has 0 fully saturated rings. The van der Waals surface area contributed by atoms with Crippen LogP contribution in [0.25, 0.3) is 11.0 Å². The quantitative estimate of drug-likeness (QED) is 0.882. The van der Waals surface area contributed by atoms with Crippen molar-refractivity contribution in [2.75, 3.05) is 21.3 Å². The van der Waals surface area contributed by atoms with Gasteiger partial charge in [0.2, 0.25) is 5.75 Å². The number of nitrogens with zero attached hydrogens (tertiary/aromatic N) is 2. The van der Waals surface area contributed by atoms with E-state index in [9.17, 15) is 5.11 Å². The second-order valence-corrected chi connectivity index (χ2v) is 3.76. The number of benzene rings is 1. The number of methoxy groups -OCH3 is 3. The molecule has 0 aliphatic carbocycles. The molecule has 1 heterocycles. The first kappa shape index (κ1) is 12.5. The Morgan fingerprint density at radius 2 is 1.83 bits per heavy atom. The average Bonchev–Trinajstić information content (AvgIpc) is 2.72. The maximum Gasteiger partial charge on any atom is 0.205 e. The Bertz CT molecular complexity index is 577. The van der Waals surface area contributed by atoms with Crippen LogP contribution in [0.3, 0.4) is 0 Å². The molecule has 1 aromatic heterocycles. The Balaban J connectivity index is 2.85. The maximum absolute atomic E-state index is 9.25. The minimum absolute atomic E-state index is 0.140. The molecule has 0 aliphatic rings. The van der Waals surface area contributed by atoms with Crippen LogP contribution in [0.5, 0.6) is 17.2 Å². The summed E-state index contributed by atoms with van der Waals surface area (Å²) in [5, 5.41) is 9.25. The number of hydrogen-bond donors (Lipinski definition) is 1. The molecule has 0 bridgehead atoms. The predicted molar refractivity (Wildman–Crippen MR) is 66.3 cm³/mol. The van der Waals surface area contributed by atoms with Gasteiger partial charge in [-0.15, -0.1) is 0 Å². The standard InChI is InChI=1S/C12H16N2O4/c1-14-7-5-8(16-2)11(17-3)12(18-4)10(7)13-9(14)6-15/h5,15H,6H2,1-4H3.